The van der Waals surface area contributed by atoms with Crippen molar-refractivity contribution in [3.8, 4) is 0 Å². The molecule has 180 valence electrons. The molecular formula is C27H40N4O2. The van der Waals surface area contributed by atoms with E-state index in [0.717, 1.165) is 25.0 Å². The number of nitrogens with zero attached hydrogens (tertiary/aromatic N) is 2. The van der Waals surface area contributed by atoms with Crippen molar-refractivity contribution in [3.63, 3.8) is 0 Å². The molecule has 1 aromatic heterocycles. The first-order valence-corrected chi connectivity index (χ1v) is 12.4. The number of benzene rings is 1. The zero-order valence-corrected chi connectivity index (χ0v) is 20.9. The molecule has 0 aliphatic heterocycles. The van der Waals surface area contributed by atoms with Gasteiger partial charge in [0.25, 0.3) is 0 Å². The minimum absolute atomic E-state index is 0.0359. The molecule has 2 amide bonds. The van der Waals surface area contributed by atoms with Crippen molar-refractivity contribution in [3.05, 3.63) is 47.7 Å². The third kappa shape index (κ3) is 7.18. The molecule has 0 saturated heterocycles. The number of hydrogen-bond donors (Lipinski definition) is 2. The predicted molar refractivity (Wildman–Crippen MR) is 133 cm³/mol. The molecule has 0 radical (unpaired) electrons. The maximum atomic E-state index is 12.9. The molecule has 2 aromatic rings. The molecule has 33 heavy (non-hydrogen) atoms. The van der Waals surface area contributed by atoms with E-state index in [2.05, 4.69) is 62.6 Å². The average Bonchev–Trinajstić information content (AvgIpc) is 3.17. The Morgan fingerprint density at radius 3 is 2.39 bits per heavy atom. The fraction of sp³-hybridized carbons (Fsp3) is 0.593. The fourth-order valence-corrected chi connectivity index (χ4v) is 4.60. The molecular weight excluding hydrogens is 412 g/mol. The van der Waals surface area contributed by atoms with Gasteiger partial charge in [-0.05, 0) is 64.4 Å². The predicted octanol–water partition coefficient (Wildman–Crippen LogP) is 5.40. The van der Waals surface area contributed by atoms with Gasteiger partial charge in [-0.1, -0.05) is 56.5 Å². The zero-order chi connectivity index (χ0) is 24.0. The monoisotopic (exact) mass is 452 g/mol. The summed E-state index contributed by atoms with van der Waals surface area (Å²) in [4.78, 5) is 25.4. The minimum Gasteiger partial charge on any atom is -0.345 e. The van der Waals surface area contributed by atoms with E-state index in [9.17, 15) is 9.59 Å². The van der Waals surface area contributed by atoms with Crippen LogP contribution in [0.4, 0.5) is 5.82 Å². The summed E-state index contributed by atoms with van der Waals surface area (Å²) in [7, 11) is 0. The van der Waals surface area contributed by atoms with Crippen LogP contribution in [-0.4, -0.2) is 27.6 Å². The molecule has 2 N–H and O–H groups in total. The number of anilines is 1. The highest BCUT2D eigenvalue weighted by Gasteiger charge is 2.25. The van der Waals surface area contributed by atoms with E-state index in [0.29, 0.717) is 24.1 Å². The van der Waals surface area contributed by atoms with Crippen LogP contribution in [0.25, 0.3) is 0 Å². The van der Waals surface area contributed by atoms with Crippen LogP contribution in [0, 0.1) is 5.92 Å². The molecule has 1 aliphatic carbocycles. The van der Waals surface area contributed by atoms with E-state index >= 15 is 0 Å². The number of hydrogen-bond acceptors (Lipinski definition) is 3. The van der Waals surface area contributed by atoms with Gasteiger partial charge in [-0.3, -0.25) is 9.59 Å². The fourth-order valence-electron chi connectivity index (χ4n) is 4.60. The Bertz CT molecular complexity index is 923. The molecule has 2 atom stereocenters. The summed E-state index contributed by atoms with van der Waals surface area (Å²) in [6, 6.07) is 11.7. The van der Waals surface area contributed by atoms with E-state index < -0.39 is 6.04 Å². The van der Waals surface area contributed by atoms with Crippen LogP contribution in [0.3, 0.4) is 0 Å². The first-order chi connectivity index (χ1) is 15.6. The minimum atomic E-state index is -0.601. The van der Waals surface area contributed by atoms with Gasteiger partial charge in [-0.15, -0.1) is 0 Å². The number of amides is 2. The lowest BCUT2D eigenvalue weighted by atomic mass is 9.87. The molecule has 0 spiro atoms. The molecule has 3 rings (SSSR count). The van der Waals surface area contributed by atoms with Crippen LogP contribution < -0.4 is 10.6 Å². The van der Waals surface area contributed by atoms with Crippen molar-refractivity contribution < 1.29 is 9.59 Å². The van der Waals surface area contributed by atoms with Gasteiger partial charge in [0.1, 0.15) is 11.9 Å². The Kier molecular flexibility index (Phi) is 8.33. The van der Waals surface area contributed by atoms with Crippen LogP contribution >= 0.6 is 0 Å². The normalized spacial score (nSPS) is 16.8. The summed E-state index contributed by atoms with van der Waals surface area (Å²) >= 11 is 0. The zero-order valence-electron chi connectivity index (χ0n) is 20.9. The third-order valence-electron chi connectivity index (χ3n) is 6.50. The number of aromatic nitrogens is 2. The summed E-state index contributed by atoms with van der Waals surface area (Å²) in [5.41, 5.74) is 1.91. The quantitative estimate of drug-likeness (QED) is 0.563. The van der Waals surface area contributed by atoms with E-state index in [-0.39, 0.29) is 17.4 Å². The second-order valence-electron chi connectivity index (χ2n) is 10.6. The molecule has 1 heterocycles. The molecule has 6 heteroatoms. The Morgan fingerprint density at radius 1 is 1.09 bits per heavy atom. The highest BCUT2D eigenvalue weighted by atomic mass is 16.2. The standard InChI is InChI=1S/C27H40N4O2/c1-19(22-14-10-7-11-15-22)16-23-18-24(31(30-23)27(3,4)5)29-26(33)20(2)28-25(32)17-21-12-8-6-9-13-21/h7,10-11,14-15,18-21H,6,8-9,12-13,16-17H2,1-5H3,(H,28,32)(H,29,33). The van der Waals surface area contributed by atoms with Crippen molar-refractivity contribution in [1.29, 1.82) is 0 Å². The van der Waals surface area contributed by atoms with Gasteiger partial charge in [-0.2, -0.15) is 5.10 Å². The van der Waals surface area contributed by atoms with Crippen molar-refractivity contribution in [1.82, 2.24) is 15.1 Å². The third-order valence-corrected chi connectivity index (χ3v) is 6.50. The van der Waals surface area contributed by atoms with E-state index in [4.69, 9.17) is 5.10 Å². The number of nitrogens with one attached hydrogen (secondary N) is 2. The van der Waals surface area contributed by atoms with E-state index in [1.807, 2.05) is 16.8 Å². The number of carbonyl (C=O) groups is 2. The maximum Gasteiger partial charge on any atom is 0.247 e. The lowest BCUT2D eigenvalue weighted by molar-refractivity contribution is -0.127. The van der Waals surface area contributed by atoms with Crippen molar-refractivity contribution >= 4 is 17.6 Å². The second kappa shape index (κ2) is 11.0. The summed E-state index contributed by atoms with van der Waals surface area (Å²) < 4.78 is 1.87. The van der Waals surface area contributed by atoms with Gasteiger partial charge in [0.15, 0.2) is 0 Å². The van der Waals surface area contributed by atoms with Crippen LogP contribution in [0.2, 0.25) is 0 Å². The Morgan fingerprint density at radius 2 is 1.76 bits per heavy atom. The number of carbonyl (C=O) groups excluding carboxylic acids is 2. The first kappa shape index (κ1) is 25.0. The smallest absolute Gasteiger partial charge is 0.247 e. The molecule has 1 aliphatic rings. The summed E-state index contributed by atoms with van der Waals surface area (Å²) in [6.45, 7) is 10.1. The van der Waals surface area contributed by atoms with Gasteiger partial charge < -0.3 is 10.6 Å². The van der Waals surface area contributed by atoms with Crippen LogP contribution in [0.5, 0.6) is 0 Å². The molecule has 1 fully saturated rings. The van der Waals surface area contributed by atoms with Crippen molar-refractivity contribution in [2.24, 2.45) is 5.92 Å². The summed E-state index contributed by atoms with van der Waals surface area (Å²) in [6.07, 6.45) is 7.20. The SMILES string of the molecule is CC(NC(=O)CC1CCCCC1)C(=O)Nc1cc(CC(C)c2ccccc2)nn1C(C)(C)C. The van der Waals surface area contributed by atoms with Gasteiger partial charge >= 0.3 is 0 Å². The Balaban J connectivity index is 1.64. The second-order valence-corrected chi connectivity index (χ2v) is 10.6. The van der Waals surface area contributed by atoms with Crippen LogP contribution in [-0.2, 0) is 21.5 Å². The largest absolute Gasteiger partial charge is 0.345 e. The molecule has 0 bridgehead atoms. The van der Waals surface area contributed by atoms with Gasteiger partial charge in [-0.25, -0.2) is 4.68 Å². The average molecular weight is 453 g/mol. The molecule has 2 unspecified atom stereocenters. The summed E-state index contributed by atoms with van der Waals surface area (Å²) in [5, 5.41) is 10.7. The van der Waals surface area contributed by atoms with Crippen LogP contribution in [0.15, 0.2) is 36.4 Å². The Labute approximate surface area is 198 Å². The highest BCUT2D eigenvalue weighted by Crippen LogP contribution is 2.27. The number of rotatable bonds is 8. The molecule has 1 saturated carbocycles. The van der Waals surface area contributed by atoms with Gasteiger partial charge in [0.2, 0.25) is 11.8 Å². The molecule has 6 nitrogen and oxygen atoms in total. The molecule has 1 aromatic carbocycles. The highest BCUT2D eigenvalue weighted by molar-refractivity contribution is 5.96. The van der Waals surface area contributed by atoms with Crippen LogP contribution in [0.1, 0.15) is 90.3 Å². The lowest BCUT2D eigenvalue weighted by Crippen LogP contribution is -2.42. The Hall–Kier alpha value is -2.63. The maximum absolute atomic E-state index is 12.9. The van der Waals surface area contributed by atoms with Gasteiger partial charge in [0.05, 0.1) is 11.2 Å². The first-order valence-electron chi connectivity index (χ1n) is 12.4. The van der Waals surface area contributed by atoms with Crippen molar-refractivity contribution in [2.75, 3.05) is 5.32 Å². The van der Waals surface area contributed by atoms with Crippen molar-refractivity contribution in [2.45, 2.75) is 97.1 Å². The van der Waals surface area contributed by atoms with E-state index in [1.165, 1.54) is 24.8 Å². The van der Waals surface area contributed by atoms with E-state index in [1.54, 1.807) is 6.92 Å². The topological polar surface area (TPSA) is 76.0 Å². The lowest BCUT2D eigenvalue weighted by Gasteiger charge is -2.24. The van der Waals surface area contributed by atoms with Gasteiger partial charge in [0, 0.05) is 12.5 Å². The summed E-state index contributed by atoms with van der Waals surface area (Å²) in [5.74, 6) is 1.17.